The van der Waals surface area contributed by atoms with Gasteiger partial charge in [-0.05, 0) is 19.4 Å². The Morgan fingerprint density at radius 1 is 1.24 bits per heavy atom. The summed E-state index contributed by atoms with van der Waals surface area (Å²) in [6, 6.07) is 5.33. The third kappa shape index (κ3) is 4.30. The molecule has 0 aliphatic carbocycles. The van der Waals surface area contributed by atoms with Gasteiger partial charge in [-0.1, -0.05) is 30.3 Å². The van der Waals surface area contributed by atoms with Crippen molar-refractivity contribution >= 4 is 29.6 Å². The summed E-state index contributed by atoms with van der Waals surface area (Å²) in [5.74, 6) is -2.98. The molecule has 1 saturated heterocycles. The highest BCUT2D eigenvalue weighted by atomic mass is 32.2. The standard InChI is InChI=1S/C16H21N3O5S/c1-16(2)11(15(23)24)19-13(25-16)10(14(21)22)18-12(20)9(17)8-6-4-3-5-7-8/h3-7,9-11,13,19H,17H2,1-2H3,(H,18,20)(H,21,22)(H,23,24)/t9-,10-,11+,13+/m0/s1. The van der Waals surface area contributed by atoms with Crippen LogP contribution in [0.1, 0.15) is 25.5 Å². The van der Waals surface area contributed by atoms with Crippen LogP contribution in [0.25, 0.3) is 0 Å². The zero-order valence-corrected chi connectivity index (χ0v) is 14.6. The Morgan fingerprint density at radius 2 is 1.84 bits per heavy atom. The average Bonchev–Trinajstić information content (AvgIpc) is 2.87. The molecule has 1 aliphatic heterocycles. The van der Waals surface area contributed by atoms with Crippen LogP contribution in [0.4, 0.5) is 0 Å². The van der Waals surface area contributed by atoms with E-state index >= 15 is 0 Å². The van der Waals surface area contributed by atoms with Gasteiger partial charge in [-0.15, -0.1) is 11.8 Å². The number of nitrogens with two attached hydrogens (primary N) is 1. The predicted molar refractivity (Wildman–Crippen MR) is 93.0 cm³/mol. The molecule has 1 amide bonds. The summed E-state index contributed by atoms with van der Waals surface area (Å²) in [7, 11) is 0. The van der Waals surface area contributed by atoms with E-state index < -0.39 is 46.1 Å². The lowest BCUT2D eigenvalue weighted by atomic mass is 10.0. The van der Waals surface area contributed by atoms with E-state index in [0.717, 1.165) is 11.8 Å². The van der Waals surface area contributed by atoms with Gasteiger partial charge in [-0.2, -0.15) is 0 Å². The molecule has 1 heterocycles. The van der Waals surface area contributed by atoms with Crippen LogP contribution in [0, 0.1) is 0 Å². The fourth-order valence-electron chi connectivity index (χ4n) is 2.65. The molecule has 9 heteroatoms. The van der Waals surface area contributed by atoms with Gasteiger partial charge in [0.15, 0.2) is 6.04 Å². The molecule has 25 heavy (non-hydrogen) atoms. The molecule has 0 bridgehead atoms. The highest BCUT2D eigenvalue weighted by Crippen LogP contribution is 2.39. The van der Waals surface area contributed by atoms with Crippen molar-refractivity contribution in [1.82, 2.24) is 10.6 Å². The minimum atomic E-state index is -1.31. The molecule has 2 rings (SSSR count). The fraction of sp³-hybridized carbons (Fsp3) is 0.438. The minimum Gasteiger partial charge on any atom is -0.480 e. The molecule has 1 fully saturated rings. The number of nitrogens with one attached hydrogen (secondary N) is 2. The topological polar surface area (TPSA) is 142 Å². The van der Waals surface area contributed by atoms with Crippen LogP contribution < -0.4 is 16.4 Å². The lowest BCUT2D eigenvalue weighted by molar-refractivity contribution is -0.143. The quantitative estimate of drug-likeness (QED) is 0.478. The normalized spacial score (nSPS) is 24.3. The molecular weight excluding hydrogens is 346 g/mol. The van der Waals surface area contributed by atoms with Gasteiger partial charge >= 0.3 is 11.9 Å². The van der Waals surface area contributed by atoms with Gasteiger partial charge in [0.1, 0.15) is 12.1 Å². The number of carboxylic acid groups (broad SMARTS) is 2. The molecule has 0 saturated carbocycles. The highest BCUT2D eigenvalue weighted by Gasteiger charge is 2.49. The predicted octanol–water partition coefficient (Wildman–Crippen LogP) is 0.150. The second-order valence-electron chi connectivity index (χ2n) is 6.29. The molecule has 0 radical (unpaired) electrons. The van der Waals surface area contributed by atoms with Crippen LogP contribution in [0.3, 0.4) is 0 Å². The van der Waals surface area contributed by atoms with E-state index in [9.17, 15) is 24.6 Å². The van der Waals surface area contributed by atoms with Gasteiger partial charge in [0.2, 0.25) is 5.91 Å². The minimum absolute atomic E-state index is 0.555. The first kappa shape index (κ1) is 19.2. The Labute approximate surface area is 149 Å². The molecule has 6 N–H and O–H groups in total. The Hall–Kier alpha value is -2.10. The zero-order chi connectivity index (χ0) is 18.8. The Balaban J connectivity index is 2.13. The molecule has 0 spiro atoms. The summed E-state index contributed by atoms with van der Waals surface area (Å²) in [6.07, 6.45) is 0. The van der Waals surface area contributed by atoms with Crippen molar-refractivity contribution in [2.24, 2.45) is 5.73 Å². The van der Waals surface area contributed by atoms with Gasteiger partial charge in [-0.25, -0.2) is 4.79 Å². The van der Waals surface area contributed by atoms with Gasteiger partial charge in [0.05, 0.1) is 5.37 Å². The molecular formula is C16H21N3O5S. The third-order valence-corrected chi connectivity index (χ3v) is 5.52. The SMILES string of the molecule is CC1(C)S[C@H]([C@H](NC(=O)[C@@H](N)c2ccccc2)C(=O)O)N[C@@H]1C(=O)O. The largest absolute Gasteiger partial charge is 0.480 e. The summed E-state index contributed by atoms with van der Waals surface area (Å²) >= 11 is 1.16. The fourth-order valence-corrected chi connectivity index (χ4v) is 4.13. The van der Waals surface area contributed by atoms with Crippen LogP contribution in [0.5, 0.6) is 0 Å². The summed E-state index contributed by atoms with van der Waals surface area (Å²) in [6.45, 7) is 3.42. The van der Waals surface area contributed by atoms with Crippen LogP contribution in [0.15, 0.2) is 30.3 Å². The number of carboxylic acids is 2. The second kappa shape index (κ2) is 7.42. The molecule has 136 valence electrons. The number of carbonyl (C=O) groups excluding carboxylic acids is 1. The van der Waals surface area contributed by atoms with Crippen molar-refractivity contribution in [2.45, 2.75) is 42.1 Å². The van der Waals surface area contributed by atoms with E-state index in [-0.39, 0.29) is 0 Å². The van der Waals surface area contributed by atoms with Gasteiger partial charge in [0.25, 0.3) is 0 Å². The Morgan fingerprint density at radius 3 is 2.32 bits per heavy atom. The number of hydrogen-bond acceptors (Lipinski definition) is 6. The van der Waals surface area contributed by atoms with E-state index in [0.29, 0.717) is 5.56 Å². The van der Waals surface area contributed by atoms with Crippen LogP contribution in [0.2, 0.25) is 0 Å². The molecule has 4 atom stereocenters. The molecule has 1 aliphatic rings. The summed E-state index contributed by atoms with van der Waals surface area (Å²) in [4.78, 5) is 35.3. The van der Waals surface area contributed by atoms with E-state index in [4.69, 9.17) is 5.73 Å². The van der Waals surface area contributed by atoms with E-state index in [1.807, 2.05) is 0 Å². The summed E-state index contributed by atoms with van der Waals surface area (Å²) < 4.78 is -0.726. The van der Waals surface area contributed by atoms with E-state index in [2.05, 4.69) is 10.6 Å². The summed E-state index contributed by atoms with van der Waals surface area (Å²) in [5, 5.41) is 23.1. The van der Waals surface area contributed by atoms with Crippen molar-refractivity contribution in [3.05, 3.63) is 35.9 Å². The van der Waals surface area contributed by atoms with Gasteiger partial charge in [0, 0.05) is 4.75 Å². The first-order chi connectivity index (χ1) is 11.6. The van der Waals surface area contributed by atoms with Crippen molar-refractivity contribution < 1.29 is 24.6 Å². The maximum absolute atomic E-state index is 12.3. The number of carbonyl (C=O) groups is 3. The molecule has 1 aromatic rings. The maximum atomic E-state index is 12.3. The number of rotatable bonds is 6. The molecule has 8 nitrogen and oxygen atoms in total. The third-order valence-electron chi connectivity index (χ3n) is 4.01. The number of hydrogen-bond donors (Lipinski definition) is 5. The lowest BCUT2D eigenvalue weighted by Gasteiger charge is -2.23. The number of benzene rings is 1. The average molecular weight is 367 g/mol. The number of aliphatic carboxylic acids is 2. The molecule has 1 aromatic carbocycles. The lowest BCUT2D eigenvalue weighted by Crippen LogP contribution is -2.55. The van der Waals surface area contributed by atoms with E-state index in [1.165, 1.54) is 0 Å². The maximum Gasteiger partial charge on any atom is 0.328 e. The first-order valence-electron chi connectivity index (χ1n) is 7.64. The molecule has 0 unspecified atom stereocenters. The van der Waals surface area contributed by atoms with Crippen molar-refractivity contribution in [3.63, 3.8) is 0 Å². The van der Waals surface area contributed by atoms with Crippen molar-refractivity contribution in [2.75, 3.05) is 0 Å². The van der Waals surface area contributed by atoms with Crippen LogP contribution in [-0.2, 0) is 14.4 Å². The van der Waals surface area contributed by atoms with Crippen LogP contribution >= 0.6 is 11.8 Å². The monoisotopic (exact) mass is 367 g/mol. The Kier molecular flexibility index (Phi) is 5.71. The number of amides is 1. The smallest absolute Gasteiger partial charge is 0.328 e. The van der Waals surface area contributed by atoms with Gasteiger partial charge in [-0.3, -0.25) is 14.9 Å². The van der Waals surface area contributed by atoms with Crippen molar-refractivity contribution in [3.8, 4) is 0 Å². The molecule has 0 aromatic heterocycles. The highest BCUT2D eigenvalue weighted by molar-refractivity contribution is 8.01. The first-order valence-corrected chi connectivity index (χ1v) is 8.52. The van der Waals surface area contributed by atoms with Gasteiger partial charge < -0.3 is 21.3 Å². The number of thioether (sulfide) groups is 1. The zero-order valence-electron chi connectivity index (χ0n) is 13.8. The Bertz CT molecular complexity index is 667. The second-order valence-corrected chi connectivity index (χ2v) is 8.09. The summed E-state index contributed by atoms with van der Waals surface area (Å²) in [5.41, 5.74) is 6.44. The van der Waals surface area contributed by atoms with Crippen LogP contribution in [-0.4, -0.2) is 50.3 Å². The van der Waals surface area contributed by atoms with Crippen molar-refractivity contribution in [1.29, 1.82) is 0 Å². The van der Waals surface area contributed by atoms with E-state index in [1.54, 1.807) is 44.2 Å².